The minimum Gasteiger partial charge on any atom is -0.462 e. The predicted molar refractivity (Wildman–Crippen MR) is 210 cm³/mol. The van der Waals surface area contributed by atoms with Crippen molar-refractivity contribution < 1.29 is 28.6 Å². The molecule has 0 aliphatic rings. The van der Waals surface area contributed by atoms with Gasteiger partial charge < -0.3 is 14.2 Å². The summed E-state index contributed by atoms with van der Waals surface area (Å²) in [5, 5.41) is 0. The van der Waals surface area contributed by atoms with E-state index < -0.39 is 6.10 Å². The van der Waals surface area contributed by atoms with Crippen LogP contribution in [-0.4, -0.2) is 37.2 Å². The molecule has 0 aromatic carbocycles. The van der Waals surface area contributed by atoms with E-state index in [1.807, 2.05) is 0 Å². The average molecular weight is 705 g/mol. The first-order chi connectivity index (χ1) is 24.5. The molecule has 1 unspecified atom stereocenters. The van der Waals surface area contributed by atoms with Gasteiger partial charge in [-0.3, -0.25) is 14.4 Å². The van der Waals surface area contributed by atoms with Gasteiger partial charge in [0.1, 0.15) is 13.2 Å². The molecule has 0 amide bonds. The lowest BCUT2D eigenvalue weighted by molar-refractivity contribution is -0.167. The number of ether oxygens (including phenoxy) is 3. The molecule has 6 heteroatoms. The number of allylic oxidation sites excluding steroid dienone is 4. The predicted octanol–water partition coefficient (Wildman–Crippen LogP) is 13.2. The lowest BCUT2D eigenvalue weighted by Crippen LogP contribution is -2.30. The minimum atomic E-state index is -0.770. The molecule has 0 saturated heterocycles. The number of esters is 3. The third-order valence-corrected chi connectivity index (χ3v) is 9.18. The molecule has 0 saturated carbocycles. The Bertz CT molecular complexity index is 819. The van der Waals surface area contributed by atoms with Crippen molar-refractivity contribution in [2.45, 2.75) is 226 Å². The molecule has 1 atom stereocenters. The fourth-order valence-electron chi connectivity index (χ4n) is 5.87. The Morgan fingerprint density at radius 2 is 0.680 bits per heavy atom. The summed E-state index contributed by atoms with van der Waals surface area (Å²) in [6, 6.07) is 0. The fraction of sp³-hybridized carbons (Fsp3) is 0.841. The smallest absolute Gasteiger partial charge is 0.306 e. The van der Waals surface area contributed by atoms with Crippen LogP contribution in [0.1, 0.15) is 220 Å². The summed E-state index contributed by atoms with van der Waals surface area (Å²) in [6.07, 6.45) is 41.6. The van der Waals surface area contributed by atoms with Crippen LogP contribution in [0.15, 0.2) is 24.3 Å². The number of hydrogen-bond donors (Lipinski definition) is 0. The molecule has 292 valence electrons. The molecule has 0 spiro atoms. The number of rotatable bonds is 38. The number of carbonyl (C=O) groups excluding carboxylic acids is 3. The number of unbranched alkanes of at least 4 members (excludes halogenated alkanes) is 23. The quantitative estimate of drug-likeness (QED) is 0.0275. The Morgan fingerprint density at radius 1 is 0.380 bits per heavy atom. The zero-order valence-electron chi connectivity index (χ0n) is 33.2. The lowest BCUT2D eigenvalue weighted by atomic mass is 10.1. The van der Waals surface area contributed by atoms with Crippen LogP contribution >= 0.6 is 0 Å². The van der Waals surface area contributed by atoms with Gasteiger partial charge in [0.05, 0.1) is 0 Å². The standard InChI is InChI=1S/C44H80O6/c1-4-7-10-13-16-19-22-25-28-31-34-37-43(46)49-40-41(39-48-42(45)36-33-30-27-24-21-18-15-12-9-6-3)50-44(47)38-35-32-29-26-23-20-17-14-11-8-5-2/h13-14,16-17,41H,4-12,15,18-40H2,1-3H3/b16-13-,17-14-. The van der Waals surface area contributed by atoms with Crippen LogP contribution in [0, 0.1) is 0 Å². The van der Waals surface area contributed by atoms with Gasteiger partial charge in [0.25, 0.3) is 0 Å². The van der Waals surface area contributed by atoms with E-state index in [4.69, 9.17) is 14.2 Å². The van der Waals surface area contributed by atoms with Crippen LogP contribution in [0.4, 0.5) is 0 Å². The molecule has 6 nitrogen and oxygen atoms in total. The van der Waals surface area contributed by atoms with Crippen molar-refractivity contribution >= 4 is 17.9 Å². The SMILES string of the molecule is CCCC/C=C\CCCCCCCC(=O)OCC(COC(=O)CCCCCCCCCCCC)OC(=O)CCCCCCC/C=C\CCCC. The van der Waals surface area contributed by atoms with E-state index in [1.165, 1.54) is 103 Å². The molecule has 0 radical (unpaired) electrons. The van der Waals surface area contributed by atoms with E-state index in [1.54, 1.807) is 0 Å². The fourth-order valence-corrected chi connectivity index (χ4v) is 5.87. The van der Waals surface area contributed by atoms with Crippen molar-refractivity contribution in [3.05, 3.63) is 24.3 Å². The van der Waals surface area contributed by atoms with Crippen molar-refractivity contribution in [3.63, 3.8) is 0 Å². The van der Waals surface area contributed by atoms with Gasteiger partial charge in [-0.1, -0.05) is 167 Å². The second-order valence-corrected chi connectivity index (χ2v) is 14.3. The average Bonchev–Trinajstić information content (AvgIpc) is 3.11. The van der Waals surface area contributed by atoms with Gasteiger partial charge in [0, 0.05) is 19.3 Å². The van der Waals surface area contributed by atoms with Crippen LogP contribution in [0.5, 0.6) is 0 Å². The highest BCUT2D eigenvalue weighted by Gasteiger charge is 2.19. The van der Waals surface area contributed by atoms with E-state index >= 15 is 0 Å². The topological polar surface area (TPSA) is 78.9 Å². The van der Waals surface area contributed by atoms with E-state index in [9.17, 15) is 14.4 Å². The van der Waals surface area contributed by atoms with Crippen LogP contribution in [-0.2, 0) is 28.6 Å². The Hall–Kier alpha value is -2.11. The monoisotopic (exact) mass is 705 g/mol. The highest BCUT2D eigenvalue weighted by Crippen LogP contribution is 2.14. The van der Waals surface area contributed by atoms with Crippen LogP contribution in [0.25, 0.3) is 0 Å². The van der Waals surface area contributed by atoms with Crippen molar-refractivity contribution in [2.24, 2.45) is 0 Å². The van der Waals surface area contributed by atoms with E-state index in [0.717, 1.165) is 77.0 Å². The third-order valence-electron chi connectivity index (χ3n) is 9.18. The molecule has 50 heavy (non-hydrogen) atoms. The van der Waals surface area contributed by atoms with Crippen LogP contribution in [0.2, 0.25) is 0 Å². The summed E-state index contributed by atoms with van der Waals surface area (Å²) < 4.78 is 16.6. The van der Waals surface area contributed by atoms with Gasteiger partial charge in [-0.2, -0.15) is 0 Å². The summed E-state index contributed by atoms with van der Waals surface area (Å²) >= 11 is 0. The van der Waals surface area contributed by atoms with E-state index in [2.05, 4.69) is 45.1 Å². The molecule has 0 heterocycles. The summed E-state index contributed by atoms with van der Waals surface area (Å²) in [4.78, 5) is 37.5. The van der Waals surface area contributed by atoms with Crippen molar-refractivity contribution in [1.29, 1.82) is 0 Å². The summed E-state index contributed by atoms with van der Waals surface area (Å²) in [5.41, 5.74) is 0. The number of carbonyl (C=O) groups is 3. The van der Waals surface area contributed by atoms with Gasteiger partial charge in [-0.05, 0) is 57.8 Å². The summed E-state index contributed by atoms with van der Waals surface area (Å²) in [6.45, 7) is 6.52. The molecule has 0 N–H and O–H groups in total. The lowest BCUT2D eigenvalue weighted by Gasteiger charge is -2.18. The first-order valence-electron chi connectivity index (χ1n) is 21.3. The molecular weight excluding hydrogens is 624 g/mol. The highest BCUT2D eigenvalue weighted by atomic mass is 16.6. The van der Waals surface area contributed by atoms with Gasteiger partial charge >= 0.3 is 17.9 Å². The molecule has 0 rings (SSSR count). The van der Waals surface area contributed by atoms with Crippen molar-refractivity contribution in [1.82, 2.24) is 0 Å². The Kier molecular flexibility index (Phi) is 38.0. The Labute approximate surface area is 309 Å². The molecule has 0 aromatic rings. The Balaban J connectivity index is 4.38. The van der Waals surface area contributed by atoms with Crippen LogP contribution in [0.3, 0.4) is 0 Å². The zero-order valence-corrected chi connectivity index (χ0v) is 33.2. The van der Waals surface area contributed by atoms with Crippen LogP contribution < -0.4 is 0 Å². The normalized spacial score (nSPS) is 12.1. The minimum absolute atomic E-state index is 0.0751. The highest BCUT2D eigenvalue weighted by molar-refractivity contribution is 5.71. The molecule has 0 aliphatic heterocycles. The largest absolute Gasteiger partial charge is 0.462 e. The second kappa shape index (κ2) is 39.7. The third kappa shape index (κ3) is 37.2. The zero-order chi connectivity index (χ0) is 36.6. The molecule has 0 aromatic heterocycles. The van der Waals surface area contributed by atoms with Gasteiger partial charge in [0.15, 0.2) is 6.10 Å². The first-order valence-corrected chi connectivity index (χ1v) is 21.3. The Morgan fingerprint density at radius 3 is 1.06 bits per heavy atom. The molecule has 0 fully saturated rings. The first kappa shape index (κ1) is 47.9. The molecular formula is C44H80O6. The summed E-state index contributed by atoms with van der Waals surface area (Å²) in [7, 11) is 0. The maximum Gasteiger partial charge on any atom is 0.306 e. The van der Waals surface area contributed by atoms with E-state index in [0.29, 0.717) is 19.3 Å². The van der Waals surface area contributed by atoms with Gasteiger partial charge in [-0.25, -0.2) is 0 Å². The second-order valence-electron chi connectivity index (χ2n) is 14.3. The molecule has 0 aliphatic carbocycles. The maximum atomic E-state index is 12.6. The summed E-state index contributed by atoms with van der Waals surface area (Å²) in [5.74, 6) is -0.897. The molecule has 0 bridgehead atoms. The number of hydrogen-bond acceptors (Lipinski definition) is 6. The van der Waals surface area contributed by atoms with Crippen molar-refractivity contribution in [2.75, 3.05) is 13.2 Å². The van der Waals surface area contributed by atoms with Gasteiger partial charge in [-0.15, -0.1) is 0 Å². The maximum absolute atomic E-state index is 12.6. The van der Waals surface area contributed by atoms with Gasteiger partial charge in [0.2, 0.25) is 0 Å². The van der Waals surface area contributed by atoms with E-state index in [-0.39, 0.29) is 31.1 Å². The van der Waals surface area contributed by atoms with Crippen molar-refractivity contribution in [3.8, 4) is 0 Å².